The van der Waals surface area contributed by atoms with Crippen LogP contribution in [0.4, 0.5) is 29.5 Å². The fourth-order valence-electron chi connectivity index (χ4n) is 4.80. The molecule has 8 nitrogen and oxygen atoms in total. The van der Waals surface area contributed by atoms with Crippen LogP contribution in [-0.2, 0) is 22.3 Å². The minimum absolute atomic E-state index is 0.0836. The Morgan fingerprint density at radius 1 is 1.20 bits per heavy atom. The van der Waals surface area contributed by atoms with E-state index < -0.39 is 34.8 Å². The van der Waals surface area contributed by atoms with Crippen LogP contribution in [0, 0.1) is 23.2 Å². The van der Waals surface area contributed by atoms with Gasteiger partial charge in [0.2, 0.25) is 0 Å². The monoisotopic (exact) mass is 485 g/mol. The van der Waals surface area contributed by atoms with Gasteiger partial charge in [-0.2, -0.15) is 18.4 Å². The molecule has 2 saturated heterocycles. The second-order valence-electron chi connectivity index (χ2n) is 9.49. The Labute approximate surface area is 199 Å². The third kappa shape index (κ3) is 3.87. The molecule has 3 heterocycles. The quantitative estimate of drug-likeness (QED) is 0.648. The van der Waals surface area contributed by atoms with Gasteiger partial charge in [0.15, 0.2) is 0 Å². The van der Waals surface area contributed by atoms with Gasteiger partial charge >= 0.3 is 12.2 Å². The van der Waals surface area contributed by atoms with Crippen molar-refractivity contribution >= 4 is 23.4 Å². The molecule has 0 spiro atoms. The molecule has 182 valence electrons. The van der Waals surface area contributed by atoms with Crippen molar-refractivity contribution in [1.82, 2.24) is 9.88 Å². The number of imide groups is 1. The summed E-state index contributed by atoms with van der Waals surface area (Å²) >= 11 is 0. The van der Waals surface area contributed by atoms with Crippen molar-refractivity contribution in [3.63, 3.8) is 0 Å². The number of ether oxygens (including phenoxy) is 1. The van der Waals surface area contributed by atoms with Gasteiger partial charge in [-0.1, -0.05) is 0 Å². The van der Waals surface area contributed by atoms with Crippen LogP contribution in [0.2, 0.25) is 0 Å². The van der Waals surface area contributed by atoms with Gasteiger partial charge in [0, 0.05) is 30.6 Å². The van der Waals surface area contributed by atoms with Crippen molar-refractivity contribution in [2.24, 2.45) is 11.8 Å². The number of rotatable bonds is 5. The van der Waals surface area contributed by atoms with Crippen molar-refractivity contribution in [1.29, 1.82) is 5.26 Å². The summed E-state index contributed by atoms with van der Waals surface area (Å²) < 4.78 is 45.0. The van der Waals surface area contributed by atoms with Crippen molar-refractivity contribution in [2.75, 3.05) is 23.4 Å². The standard InChI is InChI=1S/C24H22F3N5O3/c1-23(2)21(33)32(15-3-4-18(24(25,26)27)14(8-15)9-28)22(34)31(23)10-13-5-6-29-19(7-13)30-20-16-11-35-12-17(16)20/h3-8,16-17,20H,10-12H2,1-2H3,(H,29,30)/t16-,17+,20?. The van der Waals surface area contributed by atoms with Crippen LogP contribution in [0.15, 0.2) is 36.5 Å². The second kappa shape index (κ2) is 7.95. The number of urea groups is 1. The summed E-state index contributed by atoms with van der Waals surface area (Å²) in [6, 6.07) is 7.35. The molecule has 11 heteroatoms. The minimum Gasteiger partial charge on any atom is -0.381 e. The lowest BCUT2D eigenvalue weighted by molar-refractivity contribution is -0.137. The number of amides is 3. The molecule has 3 fully saturated rings. The van der Waals surface area contributed by atoms with Crippen LogP contribution in [0.25, 0.3) is 0 Å². The number of hydrogen-bond donors (Lipinski definition) is 1. The first-order valence-electron chi connectivity index (χ1n) is 11.1. The number of carbonyl (C=O) groups excluding carboxylic acids is 2. The molecule has 2 aromatic rings. The zero-order chi connectivity index (χ0) is 25.1. The maximum atomic E-state index is 13.3. The molecule has 1 aromatic carbocycles. The third-order valence-electron chi connectivity index (χ3n) is 6.94. The van der Waals surface area contributed by atoms with E-state index in [1.165, 1.54) is 11.0 Å². The van der Waals surface area contributed by atoms with E-state index in [9.17, 15) is 28.0 Å². The highest BCUT2D eigenvalue weighted by atomic mass is 19.4. The van der Waals surface area contributed by atoms with Gasteiger partial charge in [-0.15, -0.1) is 0 Å². The van der Waals surface area contributed by atoms with E-state index in [1.54, 1.807) is 26.1 Å². The average Bonchev–Trinajstić information content (AvgIpc) is 3.14. The fraction of sp³-hybridized carbons (Fsp3) is 0.417. The third-order valence-corrected chi connectivity index (χ3v) is 6.94. The van der Waals surface area contributed by atoms with Gasteiger partial charge in [0.25, 0.3) is 5.91 Å². The van der Waals surface area contributed by atoms with Gasteiger partial charge in [-0.05, 0) is 49.7 Å². The topological polar surface area (TPSA) is 98.6 Å². The number of nitriles is 1. The van der Waals surface area contributed by atoms with Crippen molar-refractivity contribution < 1.29 is 27.5 Å². The molecule has 3 amide bonds. The molecule has 0 radical (unpaired) electrons. The molecule has 0 bridgehead atoms. The zero-order valence-electron chi connectivity index (χ0n) is 19.0. The Hall–Kier alpha value is -3.65. The van der Waals surface area contributed by atoms with Gasteiger partial charge in [-0.3, -0.25) is 4.79 Å². The number of pyridine rings is 1. The first-order chi connectivity index (χ1) is 16.5. The number of nitrogens with one attached hydrogen (secondary N) is 1. The van der Waals surface area contributed by atoms with Gasteiger partial charge in [0.1, 0.15) is 11.4 Å². The summed E-state index contributed by atoms with van der Waals surface area (Å²) in [5.74, 6) is 1.03. The van der Waals surface area contributed by atoms with E-state index >= 15 is 0 Å². The molecular formula is C24H22F3N5O3. The van der Waals surface area contributed by atoms with E-state index in [0.29, 0.717) is 29.8 Å². The number of fused-ring (bicyclic) bond motifs is 1. The number of nitrogens with zero attached hydrogens (tertiary/aromatic N) is 4. The lowest BCUT2D eigenvalue weighted by Crippen LogP contribution is -2.43. The molecule has 3 aliphatic rings. The molecule has 35 heavy (non-hydrogen) atoms. The highest BCUT2D eigenvalue weighted by Crippen LogP contribution is 2.46. The van der Waals surface area contributed by atoms with Crippen LogP contribution in [-0.4, -0.2) is 46.6 Å². The number of aromatic nitrogens is 1. The van der Waals surface area contributed by atoms with E-state index in [1.807, 2.05) is 6.07 Å². The van der Waals surface area contributed by atoms with Gasteiger partial charge in [0.05, 0.1) is 36.1 Å². The maximum Gasteiger partial charge on any atom is 0.417 e. The van der Waals surface area contributed by atoms with Crippen LogP contribution in [0.3, 0.4) is 0 Å². The largest absolute Gasteiger partial charge is 0.417 e. The summed E-state index contributed by atoms with van der Waals surface area (Å²) in [5.41, 5.74) is -2.38. The van der Waals surface area contributed by atoms with Crippen LogP contribution < -0.4 is 10.2 Å². The Morgan fingerprint density at radius 2 is 1.91 bits per heavy atom. The van der Waals surface area contributed by atoms with E-state index in [4.69, 9.17) is 4.74 Å². The number of alkyl halides is 3. The highest BCUT2D eigenvalue weighted by molar-refractivity contribution is 6.23. The minimum atomic E-state index is -4.73. The highest BCUT2D eigenvalue weighted by Gasteiger charge is 2.54. The Balaban J connectivity index is 1.38. The summed E-state index contributed by atoms with van der Waals surface area (Å²) in [6.07, 6.45) is -3.11. The summed E-state index contributed by atoms with van der Waals surface area (Å²) in [7, 11) is 0. The number of hydrogen-bond acceptors (Lipinski definition) is 6. The molecular weight excluding hydrogens is 463 g/mol. The Bertz CT molecular complexity index is 1250. The number of halogens is 3. The summed E-state index contributed by atoms with van der Waals surface area (Å²) in [6.45, 7) is 4.71. The van der Waals surface area contributed by atoms with Crippen LogP contribution in [0.1, 0.15) is 30.5 Å². The molecule has 1 N–H and O–H groups in total. The van der Waals surface area contributed by atoms with Crippen molar-refractivity contribution in [2.45, 2.75) is 38.1 Å². The molecule has 1 aromatic heterocycles. The SMILES string of the molecule is CC1(C)C(=O)N(c2ccc(C(F)(F)F)c(C#N)c2)C(=O)N1Cc1ccnc(NC2[C@H]3COC[C@@H]23)c1. The van der Waals surface area contributed by atoms with Crippen LogP contribution >= 0.6 is 0 Å². The first kappa shape index (κ1) is 23.1. The van der Waals surface area contributed by atoms with Crippen molar-refractivity contribution in [3.8, 4) is 6.07 Å². The Morgan fingerprint density at radius 3 is 2.57 bits per heavy atom. The molecule has 2 aliphatic heterocycles. The Kier molecular flexibility index (Phi) is 5.25. The number of anilines is 2. The molecule has 5 rings (SSSR count). The molecule has 3 atom stereocenters. The number of carbonyl (C=O) groups is 2. The van der Waals surface area contributed by atoms with Gasteiger partial charge < -0.3 is 15.0 Å². The lowest BCUT2D eigenvalue weighted by Gasteiger charge is -2.27. The smallest absolute Gasteiger partial charge is 0.381 e. The average molecular weight is 485 g/mol. The summed E-state index contributed by atoms with van der Waals surface area (Å²) in [5, 5.41) is 12.6. The van der Waals surface area contributed by atoms with E-state index in [2.05, 4.69) is 10.3 Å². The second-order valence-corrected chi connectivity index (χ2v) is 9.49. The normalized spacial score (nSPS) is 25.0. The molecule has 1 aliphatic carbocycles. The van der Waals surface area contributed by atoms with E-state index in [-0.39, 0.29) is 12.2 Å². The lowest BCUT2D eigenvalue weighted by atomic mass is 10.0. The maximum absolute atomic E-state index is 13.3. The van der Waals surface area contributed by atoms with Crippen LogP contribution in [0.5, 0.6) is 0 Å². The molecule has 1 saturated carbocycles. The fourth-order valence-corrected chi connectivity index (χ4v) is 4.80. The van der Waals surface area contributed by atoms with E-state index in [0.717, 1.165) is 35.8 Å². The number of benzene rings is 1. The first-order valence-corrected chi connectivity index (χ1v) is 11.1. The zero-order valence-corrected chi connectivity index (χ0v) is 19.0. The van der Waals surface area contributed by atoms with Gasteiger partial charge in [-0.25, -0.2) is 14.7 Å². The van der Waals surface area contributed by atoms with Crippen molar-refractivity contribution in [3.05, 3.63) is 53.2 Å². The predicted molar refractivity (Wildman–Crippen MR) is 118 cm³/mol. The summed E-state index contributed by atoms with van der Waals surface area (Å²) in [4.78, 5) is 33.0. The predicted octanol–water partition coefficient (Wildman–Crippen LogP) is 3.78. The molecule has 1 unspecified atom stereocenters.